The number of nitrogens with zero attached hydrogens (tertiary/aromatic N) is 1. The molecule has 14 heavy (non-hydrogen) atoms. The van der Waals surface area contributed by atoms with Gasteiger partial charge in [0.1, 0.15) is 0 Å². The highest BCUT2D eigenvalue weighted by Crippen LogP contribution is 2.18. The molecule has 3 nitrogen and oxygen atoms in total. The second kappa shape index (κ2) is 4.19. The zero-order valence-electron chi connectivity index (χ0n) is 8.25. The van der Waals surface area contributed by atoms with E-state index in [1.165, 1.54) is 24.2 Å². The minimum absolute atomic E-state index is 0.119. The van der Waals surface area contributed by atoms with Crippen LogP contribution in [0.25, 0.3) is 0 Å². The number of rotatable bonds is 3. The third-order valence-corrected chi connectivity index (χ3v) is 3.60. The fourth-order valence-corrected chi connectivity index (χ4v) is 2.60. The molecule has 0 aromatic carbocycles. The molecule has 0 spiro atoms. The summed E-state index contributed by atoms with van der Waals surface area (Å²) in [6, 6.07) is 0.570. The maximum Gasteiger partial charge on any atom is 0.171 e. The van der Waals surface area contributed by atoms with Gasteiger partial charge in [-0.2, -0.15) is 0 Å². The standard InChI is InChI=1S/C10H14N2OS/c1-7(13)9-6-12-10(14-9)5-8-3-2-4-11-8/h6,8,11H,2-5H2,1H3. The Labute approximate surface area is 87.6 Å². The molecule has 0 bridgehead atoms. The minimum Gasteiger partial charge on any atom is -0.314 e. The van der Waals surface area contributed by atoms with Crippen LogP contribution in [0.4, 0.5) is 0 Å². The van der Waals surface area contributed by atoms with Gasteiger partial charge in [-0.25, -0.2) is 4.98 Å². The number of Topliss-reactive ketones (excluding diaryl/α,β-unsaturated/α-hetero) is 1. The van der Waals surface area contributed by atoms with Gasteiger partial charge in [0, 0.05) is 25.6 Å². The molecule has 2 rings (SSSR count). The number of hydrogen-bond donors (Lipinski definition) is 1. The molecule has 1 N–H and O–H groups in total. The molecule has 1 aliphatic heterocycles. The average molecular weight is 210 g/mol. The highest BCUT2D eigenvalue weighted by Gasteiger charge is 2.16. The van der Waals surface area contributed by atoms with Crippen molar-refractivity contribution in [2.75, 3.05) is 6.54 Å². The molecule has 0 radical (unpaired) electrons. The summed E-state index contributed by atoms with van der Waals surface area (Å²) in [5, 5.41) is 4.50. The van der Waals surface area contributed by atoms with Gasteiger partial charge in [-0.05, 0) is 19.4 Å². The molecule has 2 heterocycles. The quantitative estimate of drug-likeness (QED) is 0.771. The predicted octanol–water partition coefficient (Wildman–Crippen LogP) is 1.64. The third kappa shape index (κ3) is 2.19. The van der Waals surface area contributed by atoms with Gasteiger partial charge < -0.3 is 5.32 Å². The van der Waals surface area contributed by atoms with Gasteiger partial charge in [-0.1, -0.05) is 0 Å². The molecule has 1 aromatic heterocycles. The zero-order valence-corrected chi connectivity index (χ0v) is 9.06. The van der Waals surface area contributed by atoms with Crippen LogP contribution in [-0.2, 0) is 6.42 Å². The predicted molar refractivity (Wildman–Crippen MR) is 56.8 cm³/mol. The van der Waals surface area contributed by atoms with Crippen molar-refractivity contribution in [1.82, 2.24) is 10.3 Å². The average Bonchev–Trinajstić information content (AvgIpc) is 2.75. The summed E-state index contributed by atoms with van der Waals surface area (Å²) < 4.78 is 0. The van der Waals surface area contributed by atoms with E-state index in [0.29, 0.717) is 6.04 Å². The molecule has 1 atom stereocenters. The molecule has 76 valence electrons. The van der Waals surface area contributed by atoms with Crippen LogP contribution in [0.2, 0.25) is 0 Å². The van der Waals surface area contributed by atoms with Crippen molar-refractivity contribution in [1.29, 1.82) is 0 Å². The summed E-state index contributed by atoms with van der Waals surface area (Å²) in [7, 11) is 0. The number of hydrogen-bond acceptors (Lipinski definition) is 4. The molecule has 1 saturated heterocycles. The van der Waals surface area contributed by atoms with Crippen LogP contribution >= 0.6 is 11.3 Å². The second-order valence-corrected chi connectivity index (χ2v) is 4.79. The van der Waals surface area contributed by atoms with Crippen LogP contribution < -0.4 is 5.32 Å². The molecule has 1 unspecified atom stereocenters. The van der Waals surface area contributed by atoms with Crippen LogP contribution in [0.15, 0.2) is 6.20 Å². The molecule has 0 amide bonds. The van der Waals surface area contributed by atoms with E-state index in [0.717, 1.165) is 22.9 Å². The van der Waals surface area contributed by atoms with Crippen molar-refractivity contribution < 1.29 is 4.79 Å². The van der Waals surface area contributed by atoms with Crippen LogP contribution in [-0.4, -0.2) is 23.4 Å². The molecule has 1 aliphatic rings. The van der Waals surface area contributed by atoms with Gasteiger partial charge in [-0.3, -0.25) is 4.79 Å². The summed E-state index contributed by atoms with van der Waals surface area (Å²) in [5.74, 6) is 0.119. The SMILES string of the molecule is CC(=O)c1cnc(CC2CCCN2)s1. The fraction of sp³-hybridized carbons (Fsp3) is 0.600. The Morgan fingerprint density at radius 2 is 2.64 bits per heavy atom. The molecular weight excluding hydrogens is 196 g/mol. The fourth-order valence-electron chi connectivity index (χ4n) is 1.71. The number of carbonyl (C=O) groups is 1. The number of thiazole rings is 1. The number of carbonyl (C=O) groups excluding carboxylic acids is 1. The van der Waals surface area contributed by atoms with Crippen molar-refractivity contribution in [3.8, 4) is 0 Å². The lowest BCUT2D eigenvalue weighted by Gasteiger charge is -2.05. The van der Waals surface area contributed by atoms with E-state index in [1.807, 2.05) is 0 Å². The first-order valence-corrected chi connectivity index (χ1v) is 5.76. The maximum absolute atomic E-state index is 11.1. The first-order valence-electron chi connectivity index (χ1n) is 4.95. The summed E-state index contributed by atoms with van der Waals surface area (Å²) >= 11 is 1.53. The van der Waals surface area contributed by atoms with Crippen molar-refractivity contribution >= 4 is 17.1 Å². The lowest BCUT2D eigenvalue weighted by molar-refractivity contribution is 0.102. The molecule has 0 saturated carbocycles. The van der Waals surface area contributed by atoms with Gasteiger partial charge in [0.2, 0.25) is 0 Å². The minimum atomic E-state index is 0.119. The summed E-state index contributed by atoms with van der Waals surface area (Å²) in [5.41, 5.74) is 0. The van der Waals surface area contributed by atoms with Crippen molar-refractivity contribution in [2.24, 2.45) is 0 Å². The van der Waals surface area contributed by atoms with Gasteiger partial charge in [0.05, 0.1) is 9.88 Å². The van der Waals surface area contributed by atoms with Crippen molar-refractivity contribution in [3.63, 3.8) is 0 Å². The Balaban J connectivity index is 1.98. The Kier molecular flexibility index (Phi) is 2.93. The summed E-state index contributed by atoms with van der Waals surface area (Å²) in [6.07, 6.45) is 5.15. The van der Waals surface area contributed by atoms with Crippen LogP contribution in [0, 0.1) is 0 Å². The Morgan fingerprint density at radius 1 is 1.79 bits per heavy atom. The Morgan fingerprint density at radius 3 is 3.21 bits per heavy atom. The summed E-state index contributed by atoms with van der Waals surface area (Å²) in [6.45, 7) is 2.71. The highest BCUT2D eigenvalue weighted by molar-refractivity contribution is 7.13. The topological polar surface area (TPSA) is 42.0 Å². The van der Waals surface area contributed by atoms with E-state index in [-0.39, 0.29) is 5.78 Å². The second-order valence-electron chi connectivity index (χ2n) is 3.67. The van der Waals surface area contributed by atoms with Gasteiger partial charge in [0.15, 0.2) is 5.78 Å². The normalized spacial score (nSPS) is 21.4. The molecule has 1 fully saturated rings. The number of aromatic nitrogens is 1. The monoisotopic (exact) mass is 210 g/mol. The van der Waals surface area contributed by atoms with E-state index in [9.17, 15) is 4.79 Å². The largest absolute Gasteiger partial charge is 0.314 e. The van der Waals surface area contributed by atoms with Crippen LogP contribution in [0.1, 0.15) is 34.4 Å². The zero-order chi connectivity index (χ0) is 9.97. The first-order chi connectivity index (χ1) is 6.75. The number of ketones is 1. The van der Waals surface area contributed by atoms with E-state index < -0.39 is 0 Å². The Hall–Kier alpha value is -0.740. The van der Waals surface area contributed by atoms with E-state index in [2.05, 4.69) is 10.3 Å². The van der Waals surface area contributed by atoms with Crippen molar-refractivity contribution in [2.45, 2.75) is 32.2 Å². The Bertz CT molecular complexity index is 329. The van der Waals surface area contributed by atoms with Gasteiger partial charge in [0.25, 0.3) is 0 Å². The van der Waals surface area contributed by atoms with Crippen LogP contribution in [0.3, 0.4) is 0 Å². The molecule has 1 aromatic rings. The van der Waals surface area contributed by atoms with E-state index >= 15 is 0 Å². The van der Waals surface area contributed by atoms with Crippen LogP contribution in [0.5, 0.6) is 0 Å². The van der Waals surface area contributed by atoms with Gasteiger partial charge >= 0.3 is 0 Å². The molecule has 0 aliphatic carbocycles. The lowest BCUT2D eigenvalue weighted by atomic mass is 10.2. The molecular formula is C10H14N2OS. The van der Waals surface area contributed by atoms with Gasteiger partial charge in [-0.15, -0.1) is 11.3 Å². The first kappa shape index (κ1) is 9.80. The van der Waals surface area contributed by atoms with E-state index in [1.54, 1.807) is 13.1 Å². The number of nitrogens with one attached hydrogen (secondary N) is 1. The summed E-state index contributed by atoms with van der Waals surface area (Å²) in [4.78, 5) is 16.1. The lowest BCUT2D eigenvalue weighted by Crippen LogP contribution is -2.23. The smallest absolute Gasteiger partial charge is 0.171 e. The maximum atomic E-state index is 11.1. The third-order valence-electron chi connectivity index (χ3n) is 2.48. The highest BCUT2D eigenvalue weighted by atomic mass is 32.1. The van der Waals surface area contributed by atoms with E-state index in [4.69, 9.17) is 0 Å². The van der Waals surface area contributed by atoms with Crippen molar-refractivity contribution in [3.05, 3.63) is 16.1 Å². The molecule has 4 heteroatoms.